The van der Waals surface area contributed by atoms with Gasteiger partial charge in [0.05, 0.1) is 9.92 Å². The number of carbonyl (C=O) groups is 2. The lowest BCUT2D eigenvalue weighted by Gasteiger charge is -2.15. The summed E-state index contributed by atoms with van der Waals surface area (Å²) in [5.41, 5.74) is 4.90. The molecule has 2 heterocycles. The molecular weight excluding hydrogens is 446 g/mol. The number of carbonyl (C=O) groups excluding carboxylic acids is 2. The maximum Gasteiger partial charge on any atom is 0.281 e. The number of amides is 2. The number of thiophene rings is 1. The van der Waals surface area contributed by atoms with Crippen molar-refractivity contribution in [2.24, 2.45) is 0 Å². The minimum Gasteiger partial charge on any atom is -0.267 e. The van der Waals surface area contributed by atoms with Crippen LogP contribution < -0.4 is 10.9 Å². The van der Waals surface area contributed by atoms with E-state index in [2.05, 4.69) is 10.9 Å². The number of hydrogen-bond acceptors (Lipinski definition) is 5. The lowest BCUT2D eigenvalue weighted by atomic mass is 10.2. The second kappa shape index (κ2) is 8.35. The minimum atomic E-state index is -3.54. The largest absolute Gasteiger partial charge is 0.281 e. The molecular formula is C20H18ClN3O4S2. The number of rotatable bonds is 4. The Morgan fingerprint density at radius 2 is 1.57 bits per heavy atom. The Bertz CT molecular complexity index is 1220. The van der Waals surface area contributed by atoms with Gasteiger partial charge in [-0.1, -0.05) is 29.8 Å². The molecule has 0 atom stereocenters. The Morgan fingerprint density at radius 1 is 0.933 bits per heavy atom. The van der Waals surface area contributed by atoms with E-state index in [0.717, 1.165) is 22.9 Å². The quantitative estimate of drug-likeness (QED) is 0.579. The minimum absolute atomic E-state index is 0.141. The second-order valence-corrected chi connectivity index (χ2v) is 10.2. The van der Waals surface area contributed by atoms with E-state index >= 15 is 0 Å². The van der Waals surface area contributed by atoms with Crippen molar-refractivity contribution in [3.63, 3.8) is 0 Å². The van der Waals surface area contributed by atoms with Crippen molar-refractivity contribution in [2.75, 3.05) is 13.1 Å². The topological polar surface area (TPSA) is 95.6 Å². The van der Waals surface area contributed by atoms with Gasteiger partial charge >= 0.3 is 0 Å². The number of nitrogens with zero attached hydrogens (tertiary/aromatic N) is 1. The van der Waals surface area contributed by atoms with Crippen LogP contribution in [-0.2, 0) is 10.0 Å². The van der Waals surface area contributed by atoms with Crippen molar-refractivity contribution in [3.05, 3.63) is 64.0 Å². The van der Waals surface area contributed by atoms with Gasteiger partial charge in [0.1, 0.15) is 4.88 Å². The highest BCUT2D eigenvalue weighted by atomic mass is 35.5. The van der Waals surface area contributed by atoms with Crippen LogP contribution in [0.5, 0.6) is 0 Å². The Morgan fingerprint density at radius 3 is 2.23 bits per heavy atom. The smallest absolute Gasteiger partial charge is 0.267 e. The molecule has 2 amide bonds. The number of sulfonamides is 1. The molecule has 1 aromatic heterocycles. The number of nitrogens with one attached hydrogen (secondary N) is 2. The third-order valence-electron chi connectivity index (χ3n) is 4.85. The Kier molecular flexibility index (Phi) is 5.79. The fourth-order valence-corrected chi connectivity index (χ4v) is 6.19. The number of fused-ring (bicyclic) bond motifs is 1. The van der Waals surface area contributed by atoms with Gasteiger partial charge in [0.15, 0.2) is 0 Å². The molecule has 4 rings (SSSR count). The van der Waals surface area contributed by atoms with Crippen LogP contribution in [0, 0.1) is 0 Å². The van der Waals surface area contributed by atoms with E-state index in [1.807, 2.05) is 24.3 Å². The monoisotopic (exact) mass is 463 g/mol. The summed E-state index contributed by atoms with van der Waals surface area (Å²) in [6.45, 7) is 1.02. The molecule has 2 N–H and O–H groups in total. The standard InChI is InChI=1S/C20H18ClN3O4S2/c21-17-15-5-1-2-6-16(15)29-18(17)20(26)23-22-19(25)13-7-9-14(10-8-13)30(27,28)24-11-3-4-12-24/h1-2,5-10H,3-4,11-12H2,(H,22,25)(H,23,26). The van der Waals surface area contributed by atoms with Gasteiger partial charge in [-0.15, -0.1) is 11.3 Å². The summed E-state index contributed by atoms with van der Waals surface area (Å²) >= 11 is 7.50. The highest BCUT2D eigenvalue weighted by molar-refractivity contribution is 7.89. The zero-order chi connectivity index (χ0) is 21.3. The summed E-state index contributed by atoms with van der Waals surface area (Å²) in [4.78, 5) is 25.2. The lowest BCUT2D eigenvalue weighted by molar-refractivity contribution is 0.0849. The molecule has 10 heteroatoms. The molecule has 2 aromatic carbocycles. The zero-order valence-corrected chi connectivity index (χ0v) is 18.1. The van der Waals surface area contributed by atoms with Gasteiger partial charge in [0.25, 0.3) is 11.8 Å². The van der Waals surface area contributed by atoms with E-state index in [-0.39, 0.29) is 10.5 Å². The first-order valence-electron chi connectivity index (χ1n) is 9.26. The number of benzene rings is 2. The summed E-state index contributed by atoms with van der Waals surface area (Å²) in [7, 11) is -3.54. The Balaban J connectivity index is 1.42. The summed E-state index contributed by atoms with van der Waals surface area (Å²) in [6, 6.07) is 13.0. The molecule has 0 radical (unpaired) electrons. The molecule has 0 saturated carbocycles. The summed E-state index contributed by atoms with van der Waals surface area (Å²) < 4.78 is 27.4. The van der Waals surface area contributed by atoms with E-state index in [1.165, 1.54) is 39.9 Å². The van der Waals surface area contributed by atoms with Crippen molar-refractivity contribution in [3.8, 4) is 0 Å². The lowest BCUT2D eigenvalue weighted by Crippen LogP contribution is -2.41. The highest BCUT2D eigenvalue weighted by Crippen LogP contribution is 2.34. The van der Waals surface area contributed by atoms with E-state index in [1.54, 1.807) is 0 Å². The Hall–Kier alpha value is -2.46. The van der Waals surface area contributed by atoms with Crippen molar-refractivity contribution in [1.29, 1.82) is 0 Å². The van der Waals surface area contributed by atoms with E-state index < -0.39 is 21.8 Å². The van der Waals surface area contributed by atoms with E-state index in [4.69, 9.17) is 11.6 Å². The van der Waals surface area contributed by atoms with Crippen LogP contribution in [0.2, 0.25) is 5.02 Å². The normalized spacial score (nSPS) is 14.7. The van der Waals surface area contributed by atoms with Gasteiger partial charge in [-0.3, -0.25) is 20.4 Å². The van der Waals surface area contributed by atoms with Crippen molar-refractivity contribution < 1.29 is 18.0 Å². The number of halogens is 1. The SMILES string of the molecule is O=C(NNC(=O)c1sc2ccccc2c1Cl)c1ccc(S(=O)(=O)N2CCCC2)cc1. The van der Waals surface area contributed by atoms with Crippen molar-refractivity contribution >= 4 is 54.9 Å². The van der Waals surface area contributed by atoms with Crippen LogP contribution in [0.4, 0.5) is 0 Å². The summed E-state index contributed by atoms with van der Waals surface area (Å²) in [5.74, 6) is -1.09. The first-order chi connectivity index (χ1) is 14.4. The van der Waals surface area contributed by atoms with Crippen molar-refractivity contribution in [2.45, 2.75) is 17.7 Å². The predicted molar refractivity (Wildman–Crippen MR) is 116 cm³/mol. The van der Waals surface area contributed by atoms with Gasteiger partial charge in [0.2, 0.25) is 10.0 Å². The molecule has 0 spiro atoms. The molecule has 156 valence electrons. The van der Waals surface area contributed by atoms with Crippen LogP contribution in [0.1, 0.15) is 32.9 Å². The number of hydrazine groups is 1. The average molecular weight is 464 g/mol. The first-order valence-corrected chi connectivity index (χ1v) is 11.9. The van der Waals surface area contributed by atoms with Crippen LogP contribution in [-0.4, -0.2) is 37.6 Å². The van der Waals surface area contributed by atoms with Crippen LogP contribution >= 0.6 is 22.9 Å². The zero-order valence-electron chi connectivity index (χ0n) is 15.7. The molecule has 30 heavy (non-hydrogen) atoms. The fourth-order valence-electron chi connectivity index (χ4n) is 3.26. The molecule has 0 aliphatic carbocycles. The van der Waals surface area contributed by atoms with Gasteiger partial charge in [-0.05, 0) is 43.2 Å². The maximum absolute atomic E-state index is 12.6. The third kappa shape index (κ3) is 3.93. The first kappa shape index (κ1) is 20.8. The summed E-state index contributed by atoms with van der Waals surface area (Å²) in [5, 5.41) is 1.11. The molecule has 0 bridgehead atoms. The molecule has 0 unspecified atom stereocenters. The van der Waals surface area contributed by atoms with Gasteiger partial charge in [-0.25, -0.2) is 8.42 Å². The van der Waals surface area contributed by atoms with Crippen molar-refractivity contribution in [1.82, 2.24) is 15.2 Å². The molecule has 1 aliphatic rings. The third-order valence-corrected chi connectivity index (χ3v) is 8.44. The second-order valence-electron chi connectivity index (χ2n) is 6.79. The molecule has 7 nitrogen and oxygen atoms in total. The van der Waals surface area contributed by atoms with Crippen LogP contribution in [0.15, 0.2) is 53.4 Å². The fraction of sp³-hybridized carbons (Fsp3) is 0.200. The van der Waals surface area contributed by atoms with Crippen LogP contribution in [0.3, 0.4) is 0 Å². The number of hydrogen-bond donors (Lipinski definition) is 2. The highest BCUT2D eigenvalue weighted by Gasteiger charge is 2.27. The Labute approximate surface area is 182 Å². The molecule has 3 aromatic rings. The van der Waals surface area contributed by atoms with Gasteiger partial charge < -0.3 is 0 Å². The van der Waals surface area contributed by atoms with Crippen LogP contribution in [0.25, 0.3) is 10.1 Å². The van der Waals surface area contributed by atoms with E-state index in [9.17, 15) is 18.0 Å². The molecule has 1 fully saturated rings. The predicted octanol–water partition coefficient (Wildman–Crippen LogP) is 3.41. The molecule has 1 saturated heterocycles. The summed E-state index contributed by atoms with van der Waals surface area (Å²) in [6.07, 6.45) is 1.70. The van der Waals surface area contributed by atoms with E-state index in [0.29, 0.717) is 23.0 Å². The maximum atomic E-state index is 12.6. The van der Waals surface area contributed by atoms with Gasteiger partial charge in [0, 0.05) is 28.7 Å². The van der Waals surface area contributed by atoms with Gasteiger partial charge in [-0.2, -0.15) is 4.31 Å². The molecule has 1 aliphatic heterocycles. The average Bonchev–Trinajstić information content (AvgIpc) is 3.41.